The third-order valence-electron chi connectivity index (χ3n) is 4.63. The first-order valence-electron chi connectivity index (χ1n) is 8.20. The average Bonchev–Trinajstić information content (AvgIpc) is 3.21. The second kappa shape index (κ2) is 6.27. The Morgan fingerprint density at radius 2 is 2.00 bits per heavy atom. The molecule has 0 radical (unpaired) electrons. The van der Waals surface area contributed by atoms with E-state index in [0.717, 1.165) is 5.56 Å². The van der Waals surface area contributed by atoms with Crippen LogP contribution in [0.2, 0.25) is 0 Å². The summed E-state index contributed by atoms with van der Waals surface area (Å²) in [6.45, 7) is 0.211. The fraction of sp³-hybridized carbons (Fsp3) is 0.312. The van der Waals surface area contributed by atoms with E-state index < -0.39 is 14.8 Å². The number of sulfone groups is 1. The third kappa shape index (κ3) is 3.21. The minimum atomic E-state index is -3.08. The van der Waals surface area contributed by atoms with E-state index in [1.54, 1.807) is 12.1 Å². The molecule has 27 heavy (non-hydrogen) atoms. The first-order chi connectivity index (χ1) is 12.8. The van der Waals surface area contributed by atoms with Crippen LogP contribution in [0.4, 0.5) is 5.69 Å². The van der Waals surface area contributed by atoms with Crippen molar-refractivity contribution in [1.82, 2.24) is 19.3 Å². The van der Waals surface area contributed by atoms with E-state index >= 15 is 0 Å². The SMILES string of the molecule is O=c1c2cnn(C3CCS(=O)(=O)C3)c2ncn1Cc1ccc([N+](=O)[O-])cc1. The van der Waals surface area contributed by atoms with Crippen LogP contribution in [-0.4, -0.2) is 44.2 Å². The topological polar surface area (TPSA) is 130 Å². The van der Waals surface area contributed by atoms with E-state index in [-0.39, 0.29) is 35.3 Å². The van der Waals surface area contributed by atoms with E-state index in [4.69, 9.17) is 0 Å². The highest BCUT2D eigenvalue weighted by Crippen LogP contribution is 2.25. The van der Waals surface area contributed by atoms with Crippen LogP contribution in [0.3, 0.4) is 0 Å². The maximum absolute atomic E-state index is 12.7. The minimum Gasteiger partial charge on any atom is -0.294 e. The zero-order chi connectivity index (χ0) is 19.2. The van der Waals surface area contributed by atoms with Gasteiger partial charge in [0.1, 0.15) is 11.7 Å². The molecule has 0 saturated carbocycles. The van der Waals surface area contributed by atoms with Gasteiger partial charge in [-0.05, 0) is 12.0 Å². The lowest BCUT2D eigenvalue weighted by Crippen LogP contribution is -2.21. The van der Waals surface area contributed by atoms with Crippen LogP contribution >= 0.6 is 0 Å². The number of nitro groups is 1. The fourth-order valence-corrected chi connectivity index (χ4v) is 4.93. The molecule has 0 N–H and O–H groups in total. The number of hydrogen-bond donors (Lipinski definition) is 0. The summed E-state index contributed by atoms with van der Waals surface area (Å²) in [4.78, 5) is 27.2. The van der Waals surface area contributed by atoms with Crippen molar-refractivity contribution in [3.8, 4) is 0 Å². The van der Waals surface area contributed by atoms with Crippen molar-refractivity contribution in [1.29, 1.82) is 0 Å². The molecule has 1 aromatic carbocycles. The molecule has 1 saturated heterocycles. The molecule has 0 amide bonds. The summed E-state index contributed by atoms with van der Waals surface area (Å²) >= 11 is 0. The van der Waals surface area contributed by atoms with Gasteiger partial charge in [0.2, 0.25) is 0 Å². The van der Waals surface area contributed by atoms with Crippen LogP contribution in [0, 0.1) is 10.1 Å². The maximum Gasteiger partial charge on any atom is 0.269 e. The van der Waals surface area contributed by atoms with Crippen LogP contribution in [0.1, 0.15) is 18.0 Å². The Morgan fingerprint density at radius 3 is 2.63 bits per heavy atom. The highest BCUT2D eigenvalue weighted by molar-refractivity contribution is 7.91. The molecule has 2 aromatic heterocycles. The van der Waals surface area contributed by atoms with Gasteiger partial charge < -0.3 is 0 Å². The summed E-state index contributed by atoms with van der Waals surface area (Å²) in [6, 6.07) is 5.61. The maximum atomic E-state index is 12.7. The van der Waals surface area contributed by atoms with Crippen molar-refractivity contribution in [2.45, 2.75) is 19.0 Å². The lowest BCUT2D eigenvalue weighted by molar-refractivity contribution is -0.384. The summed E-state index contributed by atoms with van der Waals surface area (Å²) in [5, 5.41) is 15.2. The Morgan fingerprint density at radius 1 is 1.26 bits per heavy atom. The third-order valence-corrected chi connectivity index (χ3v) is 6.38. The number of rotatable bonds is 4. The van der Waals surface area contributed by atoms with E-state index in [2.05, 4.69) is 10.1 Å². The van der Waals surface area contributed by atoms with Gasteiger partial charge in [-0.3, -0.25) is 19.5 Å². The van der Waals surface area contributed by atoms with Gasteiger partial charge in [-0.15, -0.1) is 0 Å². The summed E-state index contributed by atoms with van der Waals surface area (Å²) in [6.07, 6.45) is 3.24. The second-order valence-electron chi connectivity index (χ2n) is 6.48. The number of nitrogens with zero attached hydrogens (tertiary/aromatic N) is 5. The Bertz CT molecular complexity index is 1200. The Balaban J connectivity index is 1.65. The van der Waals surface area contributed by atoms with Gasteiger partial charge >= 0.3 is 0 Å². The molecular formula is C16H15N5O5S. The molecule has 10 nitrogen and oxygen atoms in total. The summed E-state index contributed by atoms with van der Waals surface area (Å²) < 4.78 is 26.3. The molecule has 0 bridgehead atoms. The summed E-state index contributed by atoms with van der Waals surface area (Å²) in [5.74, 6) is 0.105. The monoisotopic (exact) mass is 389 g/mol. The van der Waals surface area contributed by atoms with Gasteiger partial charge in [-0.2, -0.15) is 5.10 Å². The first kappa shape index (κ1) is 17.3. The van der Waals surface area contributed by atoms with E-state index in [9.17, 15) is 23.3 Å². The zero-order valence-electron chi connectivity index (χ0n) is 14.1. The smallest absolute Gasteiger partial charge is 0.269 e. The van der Waals surface area contributed by atoms with Crippen molar-refractivity contribution in [2.75, 3.05) is 11.5 Å². The van der Waals surface area contributed by atoms with E-state index in [1.807, 2.05) is 0 Å². The molecular weight excluding hydrogens is 374 g/mol. The molecule has 3 heterocycles. The number of non-ortho nitro benzene ring substituents is 1. The standard InChI is InChI=1S/C16H15N5O5S/c22-16-14-7-18-20(13-5-6-27(25,26)9-13)15(14)17-10-19(16)8-11-1-3-12(4-2-11)21(23)24/h1-4,7,10,13H,5-6,8-9H2. The molecule has 0 aliphatic carbocycles. The van der Waals surface area contributed by atoms with Crippen molar-refractivity contribution in [3.05, 3.63) is 62.8 Å². The number of aromatic nitrogens is 4. The molecule has 11 heteroatoms. The van der Waals surface area contributed by atoms with Gasteiger partial charge in [-0.1, -0.05) is 12.1 Å². The molecule has 1 aliphatic heterocycles. The zero-order valence-corrected chi connectivity index (χ0v) is 14.9. The molecule has 3 aromatic rings. The highest BCUT2D eigenvalue weighted by Gasteiger charge is 2.31. The summed E-state index contributed by atoms with van der Waals surface area (Å²) in [5.41, 5.74) is 0.762. The first-order valence-corrected chi connectivity index (χ1v) is 10.0. The second-order valence-corrected chi connectivity index (χ2v) is 8.71. The van der Waals surface area contributed by atoms with Crippen molar-refractivity contribution < 1.29 is 13.3 Å². The van der Waals surface area contributed by atoms with Gasteiger partial charge in [0.25, 0.3) is 11.2 Å². The average molecular weight is 389 g/mol. The molecule has 1 atom stereocenters. The van der Waals surface area contributed by atoms with Crippen molar-refractivity contribution in [3.63, 3.8) is 0 Å². The predicted molar refractivity (Wildman–Crippen MR) is 96.3 cm³/mol. The normalized spacial score (nSPS) is 18.7. The molecule has 1 unspecified atom stereocenters. The van der Waals surface area contributed by atoms with Crippen LogP contribution in [0.5, 0.6) is 0 Å². The Kier molecular flexibility index (Phi) is 4.02. The largest absolute Gasteiger partial charge is 0.294 e. The van der Waals surface area contributed by atoms with Gasteiger partial charge in [0, 0.05) is 12.1 Å². The molecule has 1 fully saturated rings. The lowest BCUT2D eigenvalue weighted by atomic mass is 10.2. The van der Waals surface area contributed by atoms with Crippen molar-refractivity contribution >= 4 is 26.6 Å². The van der Waals surface area contributed by atoms with E-state index in [0.29, 0.717) is 17.5 Å². The molecule has 0 spiro atoms. The molecule has 4 rings (SSSR count). The van der Waals surface area contributed by atoms with Crippen LogP contribution < -0.4 is 5.56 Å². The van der Waals surface area contributed by atoms with Crippen LogP contribution in [-0.2, 0) is 16.4 Å². The number of hydrogen-bond acceptors (Lipinski definition) is 7. The van der Waals surface area contributed by atoms with Crippen LogP contribution in [0.15, 0.2) is 41.6 Å². The van der Waals surface area contributed by atoms with Crippen molar-refractivity contribution in [2.24, 2.45) is 0 Å². The number of nitro benzene ring substituents is 1. The van der Waals surface area contributed by atoms with Gasteiger partial charge in [-0.25, -0.2) is 18.1 Å². The number of fused-ring (bicyclic) bond motifs is 1. The van der Waals surface area contributed by atoms with Gasteiger partial charge in [0.15, 0.2) is 15.5 Å². The predicted octanol–water partition coefficient (Wildman–Crippen LogP) is 0.909. The minimum absolute atomic E-state index is 0.00264. The highest BCUT2D eigenvalue weighted by atomic mass is 32.2. The lowest BCUT2D eigenvalue weighted by Gasteiger charge is -2.10. The van der Waals surface area contributed by atoms with Crippen LogP contribution in [0.25, 0.3) is 11.0 Å². The Hall–Kier alpha value is -3.08. The molecule has 140 valence electrons. The molecule has 1 aliphatic rings. The summed E-state index contributed by atoms with van der Waals surface area (Å²) in [7, 11) is -3.08. The Labute approximate surface area is 153 Å². The number of benzene rings is 1. The fourth-order valence-electron chi connectivity index (χ4n) is 3.23. The quantitative estimate of drug-likeness (QED) is 0.479. The van der Waals surface area contributed by atoms with Gasteiger partial charge in [0.05, 0.1) is 35.2 Å². The van der Waals surface area contributed by atoms with E-state index in [1.165, 1.54) is 33.9 Å².